The van der Waals surface area contributed by atoms with Crippen LogP contribution >= 0.6 is 0 Å². The average molecular weight is 375 g/mol. The van der Waals surface area contributed by atoms with Gasteiger partial charge in [-0.15, -0.1) is 0 Å². The van der Waals surface area contributed by atoms with Gasteiger partial charge in [-0.3, -0.25) is 4.90 Å². The van der Waals surface area contributed by atoms with E-state index in [1.165, 1.54) is 20.3 Å². The molecule has 2 amide bonds. The fourth-order valence-electron chi connectivity index (χ4n) is 2.58. The van der Waals surface area contributed by atoms with E-state index in [-0.39, 0.29) is 6.04 Å². The quantitative estimate of drug-likeness (QED) is 0.723. The Morgan fingerprint density at radius 2 is 1.93 bits per heavy atom. The number of nitrogens with zero attached hydrogens (tertiary/aromatic N) is 1. The van der Waals surface area contributed by atoms with Crippen LogP contribution in [0.25, 0.3) is 0 Å². The van der Waals surface area contributed by atoms with Gasteiger partial charge in [-0.25, -0.2) is 9.59 Å². The molecule has 1 aromatic carbocycles. The van der Waals surface area contributed by atoms with Crippen molar-refractivity contribution in [2.24, 2.45) is 0 Å². The van der Waals surface area contributed by atoms with Crippen LogP contribution in [0.15, 0.2) is 34.7 Å². The predicted octanol–water partition coefficient (Wildman–Crippen LogP) is 2.81. The third-order valence-corrected chi connectivity index (χ3v) is 4.04. The maximum Gasteiger partial charge on any atom is 0.337 e. The fourth-order valence-corrected chi connectivity index (χ4v) is 2.58. The molecule has 0 aliphatic heterocycles. The molecule has 2 rings (SSSR count). The second-order valence-electron chi connectivity index (χ2n) is 6.17. The molecule has 146 valence electrons. The molecular formula is C19H25N3O5. The van der Waals surface area contributed by atoms with Crippen LogP contribution in [0.5, 0.6) is 5.75 Å². The van der Waals surface area contributed by atoms with Gasteiger partial charge in [-0.1, -0.05) is 0 Å². The minimum Gasteiger partial charge on any atom is -0.495 e. The summed E-state index contributed by atoms with van der Waals surface area (Å²) >= 11 is 0. The summed E-state index contributed by atoms with van der Waals surface area (Å²) in [7, 11) is 6.59. The van der Waals surface area contributed by atoms with Gasteiger partial charge < -0.3 is 24.5 Å². The lowest BCUT2D eigenvalue weighted by Gasteiger charge is -2.23. The van der Waals surface area contributed by atoms with Crippen LogP contribution < -0.4 is 15.4 Å². The number of anilines is 1. The minimum absolute atomic E-state index is 0.118. The molecule has 1 aromatic heterocycles. The van der Waals surface area contributed by atoms with Gasteiger partial charge in [0.2, 0.25) is 0 Å². The van der Waals surface area contributed by atoms with Gasteiger partial charge >= 0.3 is 12.0 Å². The largest absolute Gasteiger partial charge is 0.495 e. The molecular weight excluding hydrogens is 350 g/mol. The molecule has 0 fully saturated rings. The van der Waals surface area contributed by atoms with Crippen molar-refractivity contribution in [2.75, 3.05) is 40.2 Å². The number of furan rings is 1. The highest BCUT2D eigenvalue weighted by Gasteiger charge is 2.19. The number of urea groups is 1. The number of ether oxygens (including phenoxy) is 2. The van der Waals surface area contributed by atoms with Crippen molar-refractivity contribution < 1.29 is 23.5 Å². The zero-order valence-corrected chi connectivity index (χ0v) is 16.2. The summed E-state index contributed by atoms with van der Waals surface area (Å²) < 4.78 is 15.6. The van der Waals surface area contributed by atoms with Crippen LogP contribution in [0, 0.1) is 6.92 Å². The van der Waals surface area contributed by atoms with Crippen molar-refractivity contribution >= 4 is 17.7 Å². The number of carbonyl (C=O) groups is 2. The lowest BCUT2D eigenvalue weighted by atomic mass is 10.2. The summed E-state index contributed by atoms with van der Waals surface area (Å²) in [5.74, 6) is 1.51. The van der Waals surface area contributed by atoms with E-state index in [2.05, 4.69) is 10.6 Å². The molecule has 2 N–H and O–H groups in total. The zero-order valence-electron chi connectivity index (χ0n) is 16.2. The number of amides is 2. The van der Waals surface area contributed by atoms with Crippen LogP contribution in [0.1, 0.15) is 27.9 Å². The Morgan fingerprint density at radius 1 is 1.19 bits per heavy atom. The molecule has 0 aliphatic rings. The molecule has 1 unspecified atom stereocenters. The Bertz CT molecular complexity index is 800. The second-order valence-corrected chi connectivity index (χ2v) is 6.17. The fraction of sp³-hybridized carbons (Fsp3) is 0.368. The highest BCUT2D eigenvalue weighted by molar-refractivity contribution is 5.95. The van der Waals surface area contributed by atoms with Gasteiger partial charge in [0.1, 0.15) is 17.3 Å². The Kier molecular flexibility index (Phi) is 6.84. The number of methoxy groups -OCH3 is 2. The Morgan fingerprint density at radius 3 is 2.48 bits per heavy atom. The summed E-state index contributed by atoms with van der Waals surface area (Å²) in [6.07, 6.45) is 0. The Labute approximate surface area is 158 Å². The smallest absolute Gasteiger partial charge is 0.337 e. The standard InChI is InChI=1S/C19H25N3O5/c1-12-6-8-17(27-12)15(22(2)3)11-20-19(24)21-14-10-13(18(23)26-5)7-9-16(14)25-4/h6-10,15H,11H2,1-5H3,(H2,20,21,24). The zero-order chi connectivity index (χ0) is 20.0. The van der Waals surface area contributed by atoms with Crippen LogP contribution in [0.4, 0.5) is 10.5 Å². The molecule has 0 aliphatic carbocycles. The molecule has 1 atom stereocenters. The normalized spacial score (nSPS) is 11.8. The van der Waals surface area contributed by atoms with E-state index in [0.29, 0.717) is 23.5 Å². The van der Waals surface area contributed by atoms with Crippen molar-refractivity contribution in [3.63, 3.8) is 0 Å². The van der Waals surface area contributed by atoms with Gasteiger partial charge in [0.25, 0.3) is 0 Å². The third-order valence-electron chi connectivity index (χ3n) is 4.04. The summed E-state index contributed by atoms with van der Waals surface area (Å²) in [6.45, 7) is 2.21. The first-order chi connectivity index (χ1) is 12.8. The van der Waals surface area contributed by atoms with E-state index in [9.17, 15) is 9.59 Å². The number of aryl methyl sites for hydroxylation is 1. The monoisotopic (exact) mass is 375 g/mol. The number of esters is 1. The number of carbonyl (C=O) groups excluding carboxylic acids is 2. The summed E-state index contributed by atoms with van der Waals surface area (Å²) in [5, 5.41) is 5.51. The van der Waals surface area contributed by atoms with Crippen LogP contribution in [0.3, 0.4) is 0 Å². The van der Waals surface area contributed by atoms with E-state index >= 15 is 0 Å². The maximum absolute atomic E-state index is 12.4. The first kappa shape index (κ1) is 20.3. The third kappa shape index (κ3) is 5.24. The van der Waals surface area contributed by atoms with Crippen LogP contribution in [-0.2, 0) is 4.74 Å². The molecule has 1 heterocycles. The number of hydrogen-bond donors (Lipinski definition) is 2. The summed E-state index contributed by atoms with van der Waals surface area (Å²) in [4.78, 5) is 26.0. The lowest BCUT2D eigenvalue weighted by molar-refractivity contribution is 0.0600. The number of rotatable bonds is 7. The Hall–Kier alpha value is -3.00. The number of benzene rings is 1. The average Bonchev–Trinajstić information content (AvgIpc) is 3.06. The SMILES string of the molecule is COC(=O)c1ccc(OC)c(NC(=O)NCC(c2ccc(C)o2)N(C)C)c1. The van der Waals surface area contributed by atoms with E-state index in [0.717, 1.165) is 11.5 Å². The number of nitrogens with one attached hydrogen (secondary N) is 2. The maximum atomic E-state index is 12.4. The highest BCUT2D eigenvalue weighted by Crippen LogP contribution is 2.26. The molecule has 27 heavy (non-hydrogen) atoms. The van der Waals surface area contributed by atoms with E-state index in [4.69, 9.17) is 13.9 Å². The van der Waals surface area contributed by atoms with Crippen LogP contribution in [0.2, 0.25) is 0 Å². The molecule has 8 heteroatoms. The van der Waals surface area contributed by atoms with E-state index in [1.54, 1.807) is 12.1 Å². The molecule has 0 radical (unpaired) electrons. The second kappa shape index (κ2) is 9.09. The summed E-state index contributed by atoms with van der Waals surface area (Å²) in [5.41, 5.74) is 0.680. The molecule has 2 aromatic rings. The van der Waals surface area contributed by atoms with E-state index in [1.807, 2.05) is 38.1 Å². The number of likely N-dealkylation sites (N-methyl/N-ethyl adjacent to an activating group) is 1. The van der Waals surface area contributed by atoms with Gasteiger partial charge in [-0.2, -0.15) is 0 Å². The molecule has 0 saturated heterocycles. The van der Waals surface area contributed by atoms with Crippen molar-refractivity contribution in [1.82, 2.24) is 10.2 Å². The Balaban J connectivity index is 2.07. The van der Waals surface area contributed by atoms with Crippen molar-refractivity contribution in [3.8, 4) is 5.75 Å². The molecule has 0 spiro atoms. The van der Waals surface area contributed by atoms with Gasteiger partial charge in [0.05, 0.1) is 31.5 Å². The summed E-state index contributed by atoms with van der Waals surface area (Å²) in [6, 6.07) is 7.89. The van der Waals surface area contributed by atoms with Crippen molar-refractivity contribution in [1.29, 1.82) is 0 Å². The van der Waals surface area contributed by atoms with Crippen molar-refractivity contribution in [3.05, 3.63) is 47.4 Å². The topological polar surface area (TPSA) is 93.0 Å². The molecule has 8 nitrogen and oxygen atoms in total. The van der Waals surface area contributed by atoms with Gasteiger partial charge in [0, 0.05) is 6.54 Å². The first-order valence-corrected chi connectivity index (χ1v) is 8.39. The van der Waals surface area contributed by atoms with Gasteiger partial charge in [0.15, 0.2) is 0 Å². The lowest BCUT2D eigenvalue weighted by Crippen LogP contribution is -2.36. The number of hydrogen-bond acceptors (Lipinski definition) is 6. The molecule has 0 saturated carbocycles. The highest BCUT2D eigenvalue weighted by atomic mass is 16.5. The predicted molar refractivity (Wildman–Crippen MR) is 101 cm³/mol. The van der Waals surface area contributed by atoms with Crippen molar-refractivity contribution in [2.45, 2.75) is 13.0 Å². The van der Waals surface area contributed by atoms with Crippen LogP contribution in [-0.4, -0.2) is 51.8 Å². The molecule has 0 bridgehead atoms. The van der Waals surface area contributed by atoms with E-state index < -0.39 is 12.0 Å². The minimum atomic E-state index is -0.498. The first-order valence-electron chi connectivity index (χ1n) is 8.39. The van der Waals surface area contributed by atoms with Gasteiger partial charge in [-0.05, 0) is 51.4 Å².